The minimum atomic E-state index is -4.65. The number of carbonyl (C=O) groups excluding carboxylic acids is 1. The van der Waals surface area contributed by atoms with Gasteiger partial charge < -0.3 is 10.4 Å². The zero-order chi connectivity index (χ0) is 16.2. The fourth-order valence-electron chi connectivity index (χ4n) is 1.68. The number of benzene rings is 1. The number of halogens is 4. The van der Waals surface area contributed by atoms with Crippen molar-refractivity contribution in [3.8, 4) is 0 Å². The summed E-state index contributed by atoms with van der Waals surface area (Å²) in [7, 11) is 0. The van der Waals surface area contributed by atoms with E-state index in [0.29, 0.717) is 0 Å². The molecule has 1 unspecified atom stereocenters. The fraction of sp³-hybridized carbons (Fsp3) is 0.385. The predicted octanol–water partition coefficient (Wildman–Crippen LogP) is 3.31. The van der Waals surface area contributed by atoms with Crippen molar-refractivity contribution in [3.63, 3.8) is 0 Å². The van der Waals surface area contributed by atoms with E-state index in [4.69, 9.17) is 5.11 Å². The fourth-order valence-corrected chi connectivity index (χ4v) is 2.04. The maximum atomic E-state index is 12.9. The van der Waals surface area contributed by atoms with E-state index in [9.17, 15) is 22.8 Å². The first-order chi connectivity index (χ1) is 9.61. The normalized spacial score (nSPS) is 12.8. The molecule has 0 saturated carbocycles. The van der Waals surface area contributed by atoms with Crippen LogP contribution in [-0.4, -0.2) is 23.5 Å². The zero-order valence-corrected chi connectivity index (χ0v) is 12.6. The van der Waals surface area contributed by atoms with Crippen LogP contribution in [0.4, 0.5) is 13.2 Å². The van der Waals surface area contributed by atoms with Crippen molar-refractivity contribution in [1.82, 2.24) is 5.32 Å². The highest BCUT2D eigenvalue weighted by Crippen LogP contribution is 2.33. The van der Waals surface area contributed by atoms with Gasteiger partial charge in [-0.1, -0.05) is 22.9 Å². The van der Waals surface area contributed by atoms with E-state index in [1.54, 1.807) is 6.92 Å². The molecule has 0 fully saturated rings. The zero-order valence-electron chi connectivity index (χ0n) is 11.0. The van der Waals surface area contributed by atoms with Crippen molar-refractivity contribution < 1.29 is 27.9 Å². The molecular weight excluding hydrogens is 355 g/mol. The molecule has 0 radical (unpaired) electrons. The standard InChI is InChI=1S/C13H13BrF3NO3/c1-7(4-11(19)20)6-18-12(21)9-3-2-8(14)5-10(9)13(15,16)17/h2-3,5,7H,4,6H2,1H3,(H,18,21)(H,19,20). The molecule has 1 aromatic carbocycles. The van der Waals surface area contributed by atoms with Crippen molar-refractivity contribution in [1.29, 1.82) is 0 Å². The molecule has 0 bridgehead atoms. The second kappa shape index (κ2) is 6.93. The van der Waals surface area contributed by atoms with Crippen molar-refractivity contribution in [2.75, 3.05) is 6.54 Å². The number of carbonyl (C=O) groups is 2. The molecule has 4 nitrogen and oxygen atoms in total. The number of alkyl halides is 3. The van der Waals surface area contributed by atoms with Gasteiger partial charge in [0.2, 0.25) is 0 Å². The van der Waals surface area contributed by atoms with Crippen LogP contribution in [0.5, 0.6) is 0 Å². The molecule has 8 heteroatoms. The number of hydrogen-bond acceptors (Lipinski definition) is 2. The highest BCUT2D eigenvalue weighted by atomic mass is 79.9. The maximum absolute atomic E-state index is 12.9. The van der Waals surface area contributed by atoms with Crippen molar-refractivity contribution in [2.45, 2.75) is 19.5 Å². The van der Waals surface area contributed by atoms with E-state index in [1.807, 2.05) is 0 Å². The smallest absolute Gasteiger partial charge is 0.417 e. The van der Waals surface area contributed by atoms with Crippen LogP contribution >= 0.6 is 15.9 Å². The van der Waals surface area contributed by atoms with Gasteiger partial charge in [0.25, 0.3) is 5.91 Å². The van der Waals surface area contributed by atoms with E-state index < -0.39 is 29.2 Å². The lowest BCUT2D eigenvalue weighted by molar-refractivity contribution is -0.138. The van der Waals surface area contributed by atoms with Crippen molar-refractivity contribution in [3.05, 3.63) is 33.8 Å². The molecule has 0 heterocycles. The van der Waals surface area contributed by atoms with E-state index in [1.165, 1.54) is 6.07 Å². The monoisotopic (exact) mass is 367 g/mol. The van der Waals surface area contributed by atoms with E-state index >= 15 is 0 Å². The molecule has 0 saturated heterocycles. The van der Waals surface area contributed by atoms with Gasteiger partial charge in [0.15, 0.2) is 0 Å². The number of carboxylic acid groups (broad SMARTS) is 1. The van der Waals surface area contributed by atoms with E-state index in [2.05, 4.69) is 21.2 Å². The Morgan fingerprint density at radius 3 is 2.52 bits per heavy atom. The van der Waals surface area contributed by atoms with Crippen molar-refractivity contribution in [2.24, 2.45) is 5.92 Å². The van der Waals surface area contributed by atoms with Crippen LogP contribution in [0.1, 0.15) is 29.3 Å². The Balaban J connectivity index is 2.86. The summed E-state index contributed by atoms with van der Waals surface area (Å²) in [6.07, 6.45) is -4.82. The van der Waals surface area contributed by atoms with Crippen LogP contribution in [0, 0.1) is 5.92 Å². The van der Waals surface area contributed by atoms with Crippen LogP contribution in [0.25, 0.3) is 0 Å². The first-order valence-corrected chi connectivity index (χ1v) is 6.77. The first-order valence-electron chi connectivity index (χ1n) is 5.98. The molecule has 116 valence electrons. The summed E-state index contributed by atoms with van der Waals surface area (Å²) in [5.41, 5.74) is -1.53. The third kappa shape index (κ3) is 5.37. The molecule has 2 N–H and O–H groups in total. The lowest BCUT2D eigenvalue weighted by atomic mass is 10.1. The van der Waals surface area contributed by atoms with Gasteiger partial charge in [-0.25, -0.2) is 0 Å². The molecule has 0 aromatic heterocycles. The van der Waals surface area contributed by atoms with Gasteiger partial charge in [0.05, 0.1) is 11.1 Å². The summed E-state index contributed by atoms with van der Waals surface area (Å²) in [4.78, 5) is 22.3. The molecule has 1 amide bonds. The lowest BCUT2D eigenvalue weighted by Gasteiger charge is -2.15. The van der Waals surface area contributed by atoms with Gasteiger partial charge in [-0.15, -0.1) is 0 Å². The Hall–Kier alpha value is -1.57. The van der Waals surface area contributed by atoms with Gasteiger partial charge in [-0.2, -0.15) is 13.2 Å². The largest absolute Gasteiger partial charge is 0.481 e. The molecule has 0 aliphatic rings. The number of rotatable bonds is 5. The highest BCUT2D eigenvalue weighted by molar-refractivity contribution is 9.10. The minimum Gasteiger partial charge on any atom is -0.481 e. The summed E-state index contributed by atoms with van der Waals surface area (Å²) in [5.74, 6) is -2.29. The van der Waals surface area contributed by atoms with Gasteiger partial charge >= 0.3 is 12.1 Å². The molecule has 0 aliphatic heterocycles. The second-order valence-electron chi connectivity index (χ2n) is 4.60. The number of amides is 1. The Labute approximate surface area is 127 Å². The Morgan fingerprint density at radius 2 is 2.00 bits per heavy atom. The van der Waals surface area contributed by atoms with Crippen LogP contribution in [-0.2, 0) is 11.0 Å². The molecule has 1 atom stereocenters. The summed E-state index contributed by atoms with van der Waals surface area (Å²) >= 11 is 2.93. The quantitative estimate of drug-likeness (QED) is 0.838. The summed E-state index contributed by atoms with van der Waals surface area (Å²) in [6, 6.07) is 3.24. The first kappa shape index (κ1) is 17.5. The lowest BCUT2D eigenvalue weighted by Crippen LogP contribution is -2.30. The number of nitrogens with one attached hydrogen (secondary N) is 1. The summed E-state index contributed by atoms with van der Waals surface area (Å²) in [5, 5.41) is 10.9. The minimum absolute atomic E-state index is 0.0154. The highest BCUT2D eigenvalue weighted by Gasteiger charge is 2.35. The second-order valence-corrected chi connectivity index (χ2v) is 5.52. The molecular formula is C13H13BrF3NO3. The van der Waals surface area contributed by atoms with Gasteiger partial charge in [-0.3, -0.25) is 9.59 Å². The van der Waals surface area contributed by atoms with Crippen molar-refractivity contribution >= 4 is 27.8 Å². The average Bonchev–Trinajstić information content (AvgIpc) is 2.34. The average molecular weight is 368 g/mol. The molecule has 0 spiro atoms. The molecule has 1 aromatic rings. The van der Waals surface area contributed by atoms with Crippen LogP contribution in [0.3, 0.4) is 0 Å². The Kier molecular flexibility index (Phi) is 5.77. The number of hydrogen-bond donors (Lipinski definition) is 2. The maximum Gasteiger partial charge on any atom is 0.417 e. The SMILES string of the molecule is CC(CNC(=O)c1ccc(Br)cc1C(F)(F)F)CC(=O)O. The van der Waals surface area contributed by atoms with Crippen LogP contribution in [0.2, 0.25) is 0 Å². The van der Waals surface area contributed by atoms with Crippen LogP contribution in [0.15, 0.2) is 22.7 Å². The topological polar surface area (TPSA) is 66.4 Å². The summed E-state index contributed by atoms with van der Waals surface area (Å²) in [6.45, 7) is 1.57. The van der Waals surface area contributed by atoms with Gasteiger partial charge in [0.1, 0.15) is 0 Å². The third-order valence-electron chi connectivity index (χ3n) is 2.67. The van der Waals surface area contributed by atoms with E-state index in [-0.39, 0.29) is 23.4 Å². The predicted molar refractivity (Wildman–Crippen MR) is 72.9 cm³/mol. The van der Waals surface area contributed by atoms with Gasteiger partial charge in [-0.05, 0) is 24.1 Å². The molecule has 0 aliphatic carbocycles. The van der Waals surface area contributed by atoms with E-state index in [0.717, 1.165) is 12.1 Å². The summed E-state index contributed by atoms with van der Waals surface area (Å²) < 4.78 is 38.9. The number of carboxylic acids is 1. The molecule has 1 rings (SSSR count). The van der Waals surface area contributed by atoms with Crippen LogP contribution < -0.4 is 5.32 Å². The van der Waals surface area contributed by atoms with Gasteiger partial charge in [0, 0.05) is 17.4 Å². The molecule has 21 heavy (non-hydrogen) atoms. The number of aliphatic carboxylic acids is 1. The Bertz CT molecular complexity index is 546. The third-order valence-corrected chi connectivity index (χ3v) is 3.16. The Morgan fingerprint density at radius 1 is 1.38 bits per heavy atom.